The van der Waals surface area contributed by atoms with Crippen molar-refractivity contribution < 1.29 is 8.42 Å². The Morgan fingerprint density at radius 3 is 2.31 bits per heavy atom. The van der Waals surface area contributed by atoms with Gasteiger partial charge in [-0.05, 0) is 68.2 Å². The smallest absolute Gasteiger partial charge is 0.240 e. The number of nitrogens with two attached hydrogens (primary N) is 1. The summed E-state index contributed by atoms with van der Waals surface area (Å²) < 4.78 is 28.0. The summed E-state index contributed by atoms with van der Waals surface area (Å²) in [7, 11) is -3.47. The Bertz CT molecular complexity index is 1180. The fourth-order valence-corrected chi connectivity index (χ4v) is 5.66. The van der Waals surface area contributed by atoms with Gasteiger partial charge in [0.25, 0.3) is 0 Å². The molecule has 0 spiro atoms. The van der Waals surface area contributed by atoms with E-state index in [0.717, 1.165) is 48.7 Å². The minimum absolute atomic E-state index is 0.356. The lowest BCUT2D eigenvalue weighted by atomic mass is 9.82. The van der Waals surface area contributed by atoms with Crippen LogP contribution in [-0.2, 0) is 10.0 Å². The van der Waals surface area contributed by atoms with E-state index in [1.807, 2.05) is 43.3 Å². The van der Waals surface area contributed by atoms with Gasteiger partial charge in [0.2, 0.25) is 16.0 Å². The predicted molar refractivity (Wildman–Crippen MR) is 128 cm³/mol. The third-order valence-corrected chi connectivity index (χ3v) is 7.78. The van der Waals surface area contributed by atoms with Gasteiger partial charge in [0.15, 0.2) is 5.82 Å². The molecule has 0 unspecified atom stereocenters. The molecule has 0 radical (unpaired) electrons. The van der Waals surface area contributed by atoms with Crippen molar-refractivity contribution in [1.29, 1.82) is 0 Å². The number of sulfonamides is 1. The number of anilines is 2. The molecule has 1 fully saturated rings. The number of hydrazine groups is 1. The van der Waals surface area contributed by atoms with Gasteiger partial charge in [-0.15, -0.1) is 0 Å². The molecule has 1 heterocycles. The average molecular weight is 455 g/mol. The number of para-hydroxylation sites is 1. The van der Waals surface area contributed by atoms with Crippen molar-refractivity contribution in [3.63, 3.8) is 0 Å². The van der Waals surface area contributed by atoms with Gasteiger partial charge in [0.1, 0.15) is 0 Å². The number of benzene rings is 2. The van der Waals surface area contributed by atoms with Crippen LogP contribution >= 0.6 is 0 Å². The SMILES string of the molecule is Cc1ccccc1S(=O)(=O)NCC1CCC(CNc2nc(NN)c3ccccc3n2)CC1. The van der Waals surface area contributed by atoms with Gasteiger partial charge in [-0.2, -0.15) is 4.98 Å². The maximum Gasteiger partial charge on any atom is 0.240 e. The second-order valence-corrected chi connectivity index (χ2v) is 10.2. The Morgan fingerprint density at radius 2 is 1.59 bits per heavy atom. The first kappa shape index (κ1) is 22.4. The molecule has 1 saturated carbocycles. The number of aromatic nitrogens is 2. The van der Waals surface area contributed by atoms with Crippen LogP contribution in [0.1, 0.15) is 31.2 Å². The van der Waals surface area contributed by atoms with Crippen molar-refractivity contribution in [2.75, 3.05) is 23.8 Å². The number of nitrogens with zero attached hydrogens (tertiary/aromatic N) is 2. The molecule has 32 heavy (non-hydrogen) atoms. The highest BCUT2D eigenvalue weighted by Crippen LogP contribution is 2.29. The molecule has 3 aromatic rings. The first-order valence-corrected chi connectivity index (χ1v) is 12.5. The van der Waals surface area contributed by atoms with Crippen LogP contribution in [0.4, 0.5) is 11.8 Å². The van der Waals surface area contributed by atoms with Crippen molar-refractivity contribution in [3.8, 4) is 0 Å². The molecule has 1 aromatic heterocycles. The second kappa shape index (κ2) is 9.81. The third-order valence-electron chi connectivity index (χ3n) is 6.20. The van der Waals surface area contributed by atoms with E-state index in [1.165, 1.54) is 0 Å². The number of hydrogen-bond acceptors (Lipinski definition) is 7. The topological polar surface area (TPSA) is 122 Å². The van der Waals surface area contributed by atoms with Crippen LogP contribution in [0.15, 0.2) is 53.4 Å². The Hall–Kier alpha value is -2.75. The minimum Gasteiger partial charge on any atom is -0.354 e. The van der Waals surface area contributed by atoms with Crippen LogP contribution < -0.4 is 21.3 Å². The van der Waals surface area contributed by atoms with E-state index >= 15 is 0 Å². The number of fused-ring (bicyclic) bond motifs is 1. The Morgan fingerprint density at radius 1 is 0.938 bits per heavy atom. The average Bonchev–Trinajstić information content (AvgIpc) is 2.81. The molecule has 0 amide bonds. The van der Waals surface area contributed by atoms with Gasteiger partial charge < -0.3 is 10.7 Å². The van der Waals surface area contributed by atoms with Crippen LogP contribution in [0.3, 0.4) is 0 Å². The lowest BCUT2D eigenvalue weighted by Gasteiger charge is -2.28. The van der Waals surface area contributed by atoms with Crippen molar-refractivity contribution >= 4 is 32.7 Å². The lowest BCUT2D eigenvalue weighted by molar-refractivity contribution is 0.284. The Kier molecular flexibility index (Phi) is 6.88. The van der Waals surface area contributed by atoms with E-state index in [-0.39, 0.29) is 0 Å². The molecule has 0 atom stereocenters. The standard InChI is InChI=1S/C23H30N6O2S/c1-16-6-2-5-9-21(16)32(30,31)26-15-18-12-10-17(11-13-18)14-25-23-27-20-8-4-3-7-19(20)22(28-23)29-24/h2-9,17-18,26H,10-15,24H2,1H3,(H2,25,27,28,29). The molecule has 0 saturated heterocycles. The molecule has 4 rings (SSSR count). The van der Waals surface area contributed by atoms with E-state index in [1.54, 1.807) is 12.1 Å². The number of nitrogens with one attached hydrogen (secondary N) is 3. The number of aryl methyl sites for hydroxylation is 1. The van der Waals surface area contributed by atoms with E-state index in [0.29, 0.717) is 35.0 Å². The summed E-state index contributed by atoms with van der Waals surface area (Å²) in [4.78, 5) is 9.42. The largest absolute Gasteiger partial charge is 0.354 e. The van der Waals surface area contributed by atoms with E-state index < -0.39 is 10.0 Å². The highest BCUT2D eigenvalue weighted by Gasteiger charge is 2.24. The van der Waals surface area contributed by atoms with Crippen molar-refractivity contribution in [3.05, 3.63) is 54.1 Å². The molecule has 1 aliphatic carbocycles. The van der Waals surface area contributed by atoms with E-state index in [2.05, 4.69) is 25.4 Å². The molecule has 2 aromatic carbocycles. The fourth-order valence-electron chi connectivity index (χ4n) is 4.30. The number of hydrogen-bond donors (Lipinski definition) is 4. The van der Waals surface area contributed by atoms with Gasteiger partial charge in [-0.3, -0.25) is 0 Å². The first-order chi connectivity index (χ1) is 15.5. The molecule has 8 nitrogen and oxygen atoms in total. The zero-order valence-corrected chi connectivity index (χ0v) is 19.0. The van der Waals surface area contributed by atoms with Crippen molar-refractivity contribution in [1.82, 2.24) is 14.7 Å². The second-order valence-electron chi connectivity index (χ2n) is 8.44. The summed E-state index contributed by atoms with van der Waals surface area (Å²) in [5.41, 5.74) is 4.25. The molecular formula is C23H30N6O2S. The zero-order valence-electron chi connectivity index (χ0n) is 18.2. The zero-order chi connectivity index (χ0) is 22.6. The maximum absolute atomic E-state index is 12.6. The summed E-state index contributed by atoms with van der Waals surface area (Å²) in [6, 6.07) is 14.8. The summed E-state index contributed by atoms with van der Waals surface area (Å²) in [6.45, 7) is 3.08. The quantitative estimate of drug-likeness (QED) is 0.304. The third kappa shape index (κ3) is 5.17. The molecule has 170 valence electrons. The summed E-state index contributed by atoms with van der Waals surface area (Å²) in [6.07, 6.45) is 4.08. The normalized spacial score (nSPS) is 19.1. The van der Waals surface area contributed by atoms with Gasteiger partial charge >= 0.3 is 0 Å². The van der Waals surface area contributed by atoms with Crippen molar-refractivity contribution in [2.24, 2.45) is 17.7 Å². The molecule has 1 aliphatic rings. The number of rotatable bonds is 8. The highest BCUT2D eigenvalue weighted by atomic mass is 32.2. The molecular weight excluding hydrogens is 424 g/mol. The predicted octanol–water partition coefficient (Wildman–Crippen LogP) is 3.42. The van der Waals surface area contributed by atoms with Gasteiger partial charge in [-0.25, -0.2) is 24.0 Å². The summed E-state index contributed by atoms with van der Waals surface area (Å²) in [5.74, 6) is 7.65. The lowest BCUT2D eigenvalue weighted by Crippen LogP contribution is -2.32. The van der Waals surface area contributed by atoms with Crippen LogP contribution in [0.5, 0.6) is 0 Å². The Balaban J connectivity index is 1.27. The van der Waals surface area contributed by atoms with Crippen LogP contribution in [0, 0.1) is 18.8 Å². The minimum atomic E-state index is -3.47. The fraction of sp³-hybridized carbons (Fsp3) is 0.391. The van der Waals surface area contributed by atoms with E-state index in [4.69, 9.17) is 5.84 Å². The molecule has 0 bridgehead atoms. The van der Waals surface area contributed by atoms with Crippen LogP contribution in [0.2, 0.25) is 0 Å². The van der Waals surface area contributed by atoms with Crippen LogP contribution in [-0.4, -0.2) is 31.5 Å². The maximum atomic E-state index is 12.6. The molecule has 9 heteroatoms. The molecule has 0 aliphatic heterocycles. The number of nitrogen functional groups attached to an aromatic ring is 1. The van der Waals surface area contributed by atoms with Gasteiger partial charge in [0, 0.05) is 18.5 Å². The van der Waals surface area contributed by atoms with Gasteiger partial charge in [-0.1, -0.05) is 30.3 Å². The monoisotopic (exact) mass is 454 g/mol. The van der Waals surface area contributed by atoms with E-state index in [9.17, 15) is 8.42 Å². The Labute approximate surface area is 189 Å². The summed E-state index contributed by atoms with van der Waals surface area (Å²) in [5, 5.41) is 4.23. The van der Waals surface area contributed by atoms with Gasteiger partial charge in [0.05, 0.1) is 10.4 Å². The highest BCUT2D eigenvalue weighted by molar-refractivity contribution is 7.89. The van der Waals surface area contributed by atoms with Crippen molar-refractivity contribution in [2.45, 2.75) is 37.5 Å². The van der Waals surface area contributed by atoms with Crippen LogP contribution in [0.25, 0.3) is 10.9 Å². The summed E-state index contributed by atoms with van der Waals surface area (Å²) >= 11 is 0. The first-order valence-electron chi connectivity index (χ1n) is 11.0. The molecule has 5 N–H and O–H groups in total.